The first-order chi connectivity index (χ1) is 11.8. The van der Waals surface area contributed by atoms with Gasteiger partial charge in [0.2, 0.25) is 11.7 Å². The number of para-hydroxylation sites is 1. The summed E-state index contributed by atoms with van der Waals surface area (Å²) in [6.45, 7) is 0. The lowest BCUT2D eigenvalue weighted by Crippen LogP contribution is -2.27. The molecular formula is C17H16N4O2S. The molecule has 1 aliphatic rings. The Bertz CT molecular complexity index is 826. The Kier molecular flexibility index (Phi) is 4.08. The molecule has 1 saturated carbocycles. The second kappa shape index (κ2) is 6.52. The number of hydrogen-bond donors (Lipinski definition) is 1. The predicted molar refractivity (Wildman–Crippen MR) is 90.9 cm³/mol. The van der Waals surface area contributed by atoms with Crippen molar-refractivity contribution in [3.8, 4) is 17.3 Å². The molecule has 1 amide bonds. The van der Waals surface area contributed by atoms with Crippen LogP contribution >= 0.6 is 11.8 Å². The number of carbonyl (C=O) groups is 1. The normalized spacial score (nSPS) is 13.8. The SMILES string of the molecule is O=C(CSc1nnc(-c2ccco2)n1-c1ccccc1)NC1CC1. The average Bonchev–Trinajstić information content (AvgIpc) is 3.11. The van der Waals surface area contributed by atoms with Gasteiger partial charge in [-0.1, -0.05) is 30.0 Å². The van der Waals surface area contributed by atoms with E-state index in [1.54, 1.807) is 6.26 Å². The molecule has 0 unspecified atom stereocenters. The van der Waals surface area contributed by atoms with E-state index in [1.807, 2.05) is 47.0 Å². The van der Waals surface area contributed by atoms with Gasteiger partial charge in [-0.25, -0.2) is 0 Å². The fraction of sp³-hybridized carbons (Fsp3) is 0.235. The van der Waals surface area contributed by atoms with Gasteiger partial charge in [-0.3, -0.25) is 9.36 Å². The van der Waals surface area contributed by atoms with Crippen LogP contribution in [0.3, 0.4) is 0 Å². The summed E-state index contributed by atoms with van der Waals surface area (Å²) in [7, 11) is 0. The largest absolute Gasteiger partial charge is 0.461 e. The molecule has 1 N–H and O–H groups in total. The van der Waals surface area contributed by atoms with E-state index in [0.29, 0.717) is 28.5 Å². The van der Waals surface area contributed by atoms with Crippen molar-refractivity contribution in [1.82, 2.24) is 20.1 Å². The summed E-state index contributed by atoms with van der Waals surface area (Å²) in [5, 5.41) is 12.2. The van der Waals surface area contributed by atoms with Gasteiger partial charge in [-0.05, 0) is 37.1 Å². The number of nitrogens with one attached hydrogen (secondary N) is 1. The van der Waals surface area contributed by atoms with E-state index in [1.165, 1.54) is 11.8 Å². The minimum Gasteiger partial charge on any atom is -0.461 e. The Morgan fingerprint density at radius 1 is 1.21 bits per heavy atom. The van der Waals surface area contributed by atoms with E-state index < -0.39 is 0 Å². The number of nitrogens with zero attached hydrogens (tertiary/aromatic N) is 3. The lowest BCUT2D eigenvalue weighted by molar-refractivity contribution is -0.118. The molecule has 0 spiro atoms. The van der Waals surface area contributed by atoms with Gasteiger partial charge in [0, 0.05) is 11.7 Å². The van der Waals surface area contributed by atoms with Crippen LogP contribution in [0.15, 0.2) is 58.3 Å². The molecule has 2 heterocycles. The molecule has 0 radical (unpaired) electrons. The molecule has 6 nitrogen and oxygen atoms in total. The maximum absolute atomic E-state index is 11.9. The first-order valence-electron chi connectivity index (χ1n) is 7.78. The summed E-state index contributed by atoms with van der Waals surface area (Å²) >= 11 is 1.37. The predicted octanol–water partition coefficient (Wildman–Crippen LogP) is 2.90. The van der Waals surface area contributed by atoms with Crippen LogP contribution in [0.1, 0.15) is 12.8 Å². The molecule has 0 saturated heterocycles. The van der Waals surface area contributed by atoms with Gasteiger partial charge in [0.25, 0.3) is 0 Å². The molecule has 1 aliphatic carbocycles. The van der Waals surface area contributed by atoms with Gasteiger partial charge in [0.15, 0.2) is 10.9 Å². The van der Waals surface area contributed by atoms with Crippen LogP contribution in [-0.2, 0) is 4.79 Å². The topological polar surface area (TPSA) is 73.0 Å². The van der Waals surface area contributed by atoms with E-state index in [0.717, 1.165) is 18.5 Å². The molecule has 24 heavy (non-hydrogen) atoms. The fourth-order valence-corrected chi connectivity index (χ4v) is 3.13. The molecule has 2 aromatic heterocycles. The maximum Gasteiger partial charge on any atom is 0.230 e. The van der Waals surface area contributed by atoms with Crippen molar-refractivity contribution < 1.29 is 9.21 Å². The average molecular weight is 340 g/mol. The molecular weight excluding hydrogens is 324 g/mol. The number of rotatable bonds is 6. The van der Waals surface area contributed by atoms with Crippen molar-refractivity contribution in [1.29, 1.82) is 0 Å². The van der Waals surface area contributed by atoms with Crippen molar-refractivity contribution in [2.24, 2.45) is 0 Å². The molecule has 1 fully saturated rings. The number of thioether (sulfide) groups is 1. The number of furan rings is 1. The summed E-state index contributed by atoms with van der Waals surface area (Å²) in [4.78, 5) is 11.9. The van der Waals surface area contributed by atoms with Crippen molar-refractivity contribution in [2.45, 2.75) is 24.0 Å². The van der Waals surface area contributed by atoms with Crippen molar-refractivity contribution in [3.63, 3.8) is 0 Å². The fourth-order valence-electron chi connectivity index (χ4n) is 2.37. The molecule has 122 valence electrons. The van der Waals surface area contributed by atoms with Crippen LogP contribution in [0.2, 0.25) is 0 Å². The Morgan fingerprint density at radius 2 is 2.04 bits per heavy atom. The van der Waals surface area contributed by atoms with Crippen LogP contribution in [0.5, 0.6) is 0 Å². The van der Waals surface area contributed by atoms with E-state index >= 15 is 0 Å². The van der Waals surface area contributed by atoms with Gasteiger partial charge in [0.05, 0.1) is 12.0 Å². The molecule has 0 bridgehead atoms. The van der Waals surface area contributed by atoms with E-state index in [2.05, 4.69) is 15.5 Å². The van der Waals surface area contributed by atoms with Gasteiger partial charge in [-0.15, -0.1) is 10.2 Å². The highest BCUT2D eigenvalue weighted by molar-refractivity contribution is 7.99. The van der Waals surface area contributed by atoms with Crippen molar-refractivity contribution >= 4 is 17.7 Å². The molecule has 0 aliphatic heterocycles. The van der Waals surface area contributed by atoms with Gasteiger partial charge < -0.3 is 9.73 Å². The van der Waals surface area contributed by atoms with Crippen LogP contribution in [0.4, 0.5) is 0 Å². The number of aromatic nitrogens is 3. The summed E-state index contributed by atoms with van der Waals surface area (Å²) in [6, 6.07) is 13.8. The Balaban J connectivity index is 1.62. The maximum atomic E-state index is 11.9. The quantitative estimate of drug-likeness (QED) is 0.699. The van der Waals surface area contributed by atoms with Crippen molar-refractivity contribution in [3.05, 3.63) is 48.7 Å². The summed E-state index contributed by atoms with van der Waals surface area (Å²) in [6.07, 6.45) is 3.77. The lowest BCUT2D eigenvalue weighted by Gasteiger charge is -2.09. The van der Waals surface area contributed by atoms with E-state index in [-0.39, 0.29) is 5.91 Å². The molecule has 3 aromatic rings. The van der Waals surface area contributed by atoms with Gasteiger partial charge >= 0.3 is 0 Å². The van der Waals surface area contributed by atoms with Crippen LogP contribution < -0.4 is 5.32 Å². The summed E-state index contributed by atoms with van der Waals surface area (Å²) in [5.74, 6) is 1.61. The third-order valence-electron chi connectivity index (χ3n) is 3.66. The first-order valence-corrected chi connectivity index (χ1v) is 8.77. The Labute approximate surface area is 143 Å². The minimum absolute atomic E-state index is 0.0321. The molecule has 4 rings (SSSR count). The zero-order chi connectivity index (χ0) is 16.4. The summed E-state index contributed by atoms with van der Waals surface area (Å²) < 4.78 is 7.38. The highest BCUT2D eigenvalue weighted by atomic mass is 32.2. The molecule has 7 heteroatoms. The smallest absolute Gasteiger partial charge is 0.230 e. The zero-order valence-corrected chi connectivity index (χ0v) is 13.7. The Hall–Kier alpha value is -2.54. The van der Waals surface area contributed by atoms with Crippen LogP contribution in [0, 0.1) is 0 Å². The second-order valence-electron chi connectivity index (χ2n) is 5.58. The molecule has 1 aromatic carbocycles. The van der Waals surface area contributed by atoms with Gasteiger partial charge in [-0.2, -0.15) is 0 Å². The van der Waals surface area contributed by atoms with Crippen LogP contribution in [0.25, 0.3) is 17.3 Å². The zero-order valence-electron chi connectivity index (χ0n) is 12.9. The monoisotopic (exact) mass is 340 g/mol. The second-order valence-corrected chi connectivity index (χ2v) is 6.53. The molecule has 0 atom stereocenters. The lowest BCUT2D eigenvalue weighted by atomic mass is 10.3. The number of amides is 1. The van der Waals surface area contributed by atoms with Crippen molar-refractivity contribution in [2.75, 3.05) is 5.75 Å². The number of benzene rings is 1. The summed E-state index contributed by atoms with van der Waals surface area (Å²) in [5.41, 5.74) is 0.930. The highest BCUT2D eigenvalue weighted by Gasteiger charge is 2.24. The Morgan fingerprint density at radius 3 is 2.75 bits per heavy atom. The number of carbonyl (C=O) groups excluding carboxylic acids is 1. The van der Waals surface area contributed by atoms with E-state index in [9.17, 15) is 4.79 Å². The highest BCUT2D eigenvalue weighted by Crippen LogP contribution is 2.28. The third kappa shape index (κ3) is 3.21. The minimum atomic E-state index is 0.0321. The van der Waals surface area contributed by atoms with Gasteiger partial charge in [0.1, 0.15) is 0 Å². The van der Waals surface area contributed by atoms with Crippen LogP contribution in [-0.4, -0.2) is 32.5 Å². The third-order valence-corrected chi connectivity index (χ3v) is 4.59. The standard InChI is InChI=1S/C17H16N4O2S/c22-15(18-12-8-9-12)11-24-17-20-19-16(14-7-4-10-23-14)21(17)13-5-2-1-3-6-13/h1-7,10,12H,8-9,11H2,(H,18,22). The van der Waals surface area contributed by atoms with E-state index in [4.69, 9.17) is 4.42 Å². The first kappa shape index (κ1) is 15.0. The number of hydrogen-bond acceptors (Lipinski definition) is 5.